The van der Waals surface area contributed by atoms with Gasteiger partial charge in [-0.1, -0.05) is 50.2 Å². The maximum atomic E-state index is 12.1. The van der Waals surface area contributed by atoms with Gasteiger partial charge >= 0.3 is 0 Å². The molecule has 0 saturated heterocycles. The van der Waals surface area contributed by atoms with Gasteiger partial charge in [0.2, 0.25) is 0 Å². The molecule has 0 aromatic heterocycles. The van der Waals surface area contributed by atoms with Crippen molar-refractivity contribution in [3.05, 3.63) is 48.0 Å². The molecule has 2 nitrogen and oxygen atoms in total. The molecule has 2 rings (SSSR count). The second-order valence-electron chi connectivity index (χ2n) is 4.98. The van der Waals surface area contributed by atoms with Crippen LogP contribution in [0.3, 0.4) is 0 Å². The van der Waals surface area contributed by atoms with Gasteiger partial charge in [0.15, 0.2) is 0 Å². The van der Waals surface area contributed by atoms with Crippen LogP contribution in [0.5, 0.6) is 0 Å². The van der Waals surface area contributed by atoms with E-state index >= 15 is 0 Å². The van der Waals surface area contributed by atoms with Gasteiger partial charge in [-0.25, -0.2) is 0 Å². The minimum Gasteiger partial charge on any atom is -0.323 e. The summed E-state index contributed by atoms with van der Waals surface area (Å²) in [4.78, 5) is 0. The number of hydrogen-bond acceptors (Lipinski definition) is 2. The Hall–Kier alpha value is -1.19. The highest BCUT2D eigenvalue weighted by atomic mass is 32.2. The van der Waals surface area contributed by atoms with Crippen LogP contribution in [0.15, 0.2) is 42.5 Å². The van der Waals surface area contributed by atoms with Gasteiger partial charge < -0.3 is 5.73 Å². The Bertz CT molecular complexity index is 582. The molecule has 0 fully saturated rings. The first-order valence-electron chi connectivity index (χ1n) is 6.73. The Labute approximate surface area is 117 Å². The van der Waals surface area contributed by atoms with Gasteiger partial charge in [0.05, 0.1) is 0 Å². The summed E-state index contributed by atoms with van der Waals surface area (Å²) in [5.41, 5.74) is 7.25. The van der Waals surface area contributed by atoms with Crippen LogP contribution in [0.2, 0.25) is 0 Å². The van der Waals surface area contributed by atoms with E-state index in [1.165, 1.54) is 10.8 Å². The predicted molar refractivity (Wildman–Crippen MR) is 83.6 cm³/mol. The summed E-state index contributed by atoms with van der Waals surface area (Å²) in [6.45, 7) is 4.08. The van der Waals surface area contributed by atoms with E-state index < -0.39 is 10.8 Å². The van der Waals surface area contributed by atoms with E-state index in [0.717, 1.165) is 12.0 Å². The molecule has 19 heavy (non-hydrogen) atoms. The summed E-state index contributed by atoms with van der Waals surface area (Å²) in [6.07, 6.45) is 0.928. The molecule has 3 heteroatoms. The lowest BCUT2D eigenvalue weighted by molar-refractivity contribution is 0.662. The van der Waals surface area contributed by atoms with E-state index in [-0.39, 0.29) is 11.3 Å². The smallest absolute Gasteiger partial charge is 0.0431 e. The third-order valence-electron chi connectivity index (χ3n) is 3.57. The van der Waals surface area contributed by atoms with Crippen molar-refractivity contribution in [3.8, 4) is 0 Å². The van der Waals surface area contributed by atoms with Crippen LogP contribution in [0.25, 0.3) is 10.8 Å². The fourth-order valence-corrected chi connectivity index (χ4v) is 3.31. The molecule has 3 atom stereocenters. The van der Waals surface area contributed by atoms with Gasteiger partial charge in [0.1, 0.15) is 0 Å². The zero-order valence-corrected chi connectivity index (χ0v) is 12.3. The zero-order valence-electron chi connectivity index (χ0n) is 11.5. The van der Waals surface area contributed by atoms with Gasteiger partial charge in [0.25, 0.3) is 0 Å². The molecule has 0 heterocycles. The van der Waals surface area contributed by atoms with Gasteiger partial charge in [-0.05, 0) is 28.8 Å². The highest BCUT2D eigenvalue weighted by Gasteiger charge is 2.15. The quantitative estimate of drug-likeness (QED) is 0.909. The molecule has 2 N–H and O–H groups in total. The van der Waals surface area contributed by atoms with Crippen LogP contribution in [-0.4, -0.2) is 15.2 Å². The number of hydrogen-bond donors (Lipinski definition) is 1. The molecule has 0 aliphatic rings. The highest BCUT2D eigenvalue weighted by molar-refractivity contribution is 7.85. The first kappa shape index (κ1) is 14.2. The molecule has 0 radical (unpaired) electrons. The number of benzene rings is 2. The molecule has 3 unspecified atom stereocenters. The monoisotopic (exact) mass is 275 g/mol. The summed E-state index contributed by atoms with van der Waals surface area (Å²) in [6, 6.07) is 14.3. The number of rotatable bonds is 5. The van der Waals surface area contributed by atoms with Gasteiger partial charge in [0, 0.05) is 27.8 Å². The second-order valence-corrected chi connectivity index (χ2v) is 6.88. The maximum absolute atomic E-state index is 12.1. The van der Waals surface area contributed by atoms with Crippen molar-refractivity contribution in [1.82, 2.24) is 0 Å². The second kappa shape index (κ2) is 6.31. The first-order chi connectivity index (χ1) is 9.11. The minimum atomic E-state index is -0.854. The molecule has 0 amide bonds. The molecule has 2 aromatic rings. The van der Waals surface area contributed by atoms with E-state index in [4.69, 9.17) is 5.73 Å². The minimum absolute atomic E-state index is 0.153. The third kappa shape index (κ3) is 3.43. The van der Waals surface area contributed by atoms with Gasteiger partial charge in [-0.15, -0.1) is 0 Å². The molecule has 0 aliphatic carbocycles. The maximum Gasteiger partial charge on any atom is 0.0431 e. The van der Waals surface area contributed by atoms with Gasteiger partial charge in [-0.2, -0.15) is 0 Å². The van der Waals surface area contributed by atoms with Gasteiger partial charge in [-0.3, -0.25) is 4.21 Å². The molecular formula is C16H21NOS. The number of nitrogens with two attached hydrogens (primary N) is 1. The van der Waals surface area contributed by atoms with Crippen LogP contribution in [0.1, 0.15) is 31.9 Å². The van der Waals surface area contributed by atoms with E-state index in [9.17, 15) is 4.21 Å². The Kier molecular flexibility index (Phi) is 4.72. The molecule has 0 saturated carbocycles. The fourth-order valence-electron chi connectivity index (χ4n) is 2.06. The average molecular weight is 275 g/mol. The Morgan fingerprint density at radius 1 is 1.16 bits per heavy atom. The van der Waals surface area contributed by atoms with Crippen molar-refractivity contribution < 1.29 is 4.21 Å². The molecular weight excluding hydrogens is 254 g/mol. The van der Waals surface area contributed by atoms with Crippen LogP contribution in [0.4, 0.5) is 0 Å². The van der Waals surface area contributed by atoms with E-state index in [2.05, 4.69) is 31.2 Å². The van der Waals surface area contributed by atoms with Crippen molar-refractivity contribution >= 4 is 21.6 Å². The number of fused-ring (bicyclic) bond motifs is 1. The van der Waals surface area contributed by atoms with Crippen molar-refractivity contribution in [2.75, 3.05) is 5.75 Å². The SMILES string of the molecule is CCC(C)S(=O)CC(N)c1ccc2ccccc2c1. The standard InChI is InChI=1S/C16H21NOS/c1-3-12(2)19(18)11-16(17)15-9-8-13-6-4-5-7-14(13)10-15/h4-10,12,16H,3,11,17H2,1-2H3. The topological polar surface area (TPSA) is 43.1 Å². The van der Waals surface area contributed by atoms with Crippen molar-refractivity contribution in [2.24, 2.45) is 5.73 Å². The first-order valence-corrected chi connectivity index (χ1v) is 8.11. The Morgan fingerprint density at radius 2 is 1.84 bits per heavy atom. The lowest BCUT2D eigenvalue weighted by Gasteiger charge is -2.15. The average Bonchev–Trinajstić information content (AvgIpc) is 2.45. The summed E-state index contributed by atoms with van der Waals surface area (Å²) < 4.78 is 12.1. The van der Waals surface area contributed by atoms with Crippen LogP contribution in [-0.2, 0) is 10.8 Å². The van der Waals surface area contributed by atoms with Crippen molar-refractivity contribution in [1.29, 1.82) is 0 Å². The normalized spacial score (nSPS) is 16.2. The summed E-state index contributed by atoms with van der Waals surface area (Å²) in [7, 11) is -0.854. The Morgan fingerprint density at radius 3 is 2.53 bits per heavy atom. The predicted octanol–water partition coefficient (Wildman–Crippen LogP) is 3.39. The molecule has 2 aromatic carbocycles. The van der Waals surface area contributed by atoms with Crippen LogP contribution >= 0.6 is 0 Å². The lowest BCUT2D eigenvalue weighted by Crippen LogP contribution is -2.23. The lowest BCUT2D eigenvalue weighted by atomic mass is 10.0. The largest absolute Gasteiger partial charge is 0.323 e. The van der Waals surface area contributed by atoms with Crippen molar-refractivity contribution in [2.45, 2.75) is 31.6 Å². The summed E-state index contributed by atoms with van der Waals surface area (Å²) in [5.74, 6) is 0.535. The van der Waals surface area contributed by atoms with E-state index in [0.29, 0.717) is 5.75 Å². The fraction of sp³-hybridized carbons (Fsp3) is 0.375. The van der Waals surface area contributed by atoms with Crippen LogP contribution < -0.4 is 5.73 Å². The molecule has 102 valence electrons. The molecule has 0 bridgehead atoms. The zero-order chi connectivity index (χ0) is 13.8. The summed E-state index contributed by atoms with van der Waals surface area (Å²) in [5, 5.41) is 2.61. The third-order valence-corrected chi connectivity index (χ3v) is 5.49. The molecule has 0 aliphatic heterocycles. The Balaban J connectivity index is 2.17. The summed E-state index contributed by atoms with van der Waals surface area (Å²) >= 11 is 0. The van der Waals surface area contributed by atoms with Crippen molar-refractivity contribution in [3.63, 3.8) is 0 Å². The van der Waals surface area contributed by atoms with E-state index in [1.54, 1.807) is 0 Å². The van der Waals surface area contributed by atoms with Crippen LogP contribution in [0, 0.1) is 0 Å². The molecule has 0 spiro atoms. The highest BCUT2D eigenvalue weighted by Crippen LogP contribution is 2.20. The van der Waals surface area contributed by atoms with E-state index in [1.807, 2.05) is 25.1 Å².